The van der Waals surface area contributed by atoms with E-state index in [2.05, 4.69) is 0 Å². The fraction of sp³-hybridized carbons (Fsp3) is 0.545. The van der Waals surface area contributed by atoms with Crippen molar-refractivity contribution in [3.05, 3.63) is 46.6 Å². The van der Waals surface area contributed by atoms with E-state index in [4.69, 9.17) is 23.4 Å². The quantitative estimate of drug-likeness (QED) is 0.115. The van der Waals surface area contributed by atoms with Gasteiger partial charge in [-0.05, 0) is 38.1 Å². The van der Waals surface area contributed by atoms with E-state index >= 15 is 0 Å². The van der Waals surface area contributed by atoms with Gasteiger partial charge < -0.3 is 89.7 Å². The summed E-state index contributed by atoms with van der Waals surface area (Å²) in [4.78, 5) is 14.1. The van der Waals surface area contributed by atoms with Crippen LogP contribution >= 0.6 is 0 Å². The first-order chi connectivity index (χ1) is 24.4. The largest absolute Gasteiger partial charge is 0.508 e. The number of hydrogen-bond acceptors (Lipinski definition) is 19. The molecule has 2 aromatic carbocycles. The van der Waals surface area contributed by atoms with Gasteiger partial charge in [-0.3, -0.25) is 4.79 Å². The minimum Gasteiger partial charge on any atom is -0.508 e. The predicted molar refractivity (Wildman–Crippen MR) is 170 cm³/mol. The first kappa shape index (κ1) is 38.1. The number of benzene rings is 2. The summed E-state index contributed by atoms with van der Waals surface area (Å²) in [5.74, 6) is -2.85. The smallest absolute Gasteiger partial charge is 0.239 e. The lowest BCUT2D eigenvalue weighted by molar-refractivity contribution is -0.380. The van der Waals surface area contributed by atoms with Crippen LogP contribution in [0.1, 0.15) is 13.8 Å². The number of phenolic OH excluding ortho intramolecular Hbond substituents is 3. The summed E-state index contributed by atoms with van der Waals surface area (Å²) >= 11 is 0. The molecule has 6 rings (SSSR count). The second kappa shape index (κ2) is 14.0. The van der Waals surface area contributed by atoms with Gasteiger partial charge in [-0.25, -0.2) is 0 Å². The molecule has 0 aliphatic carbocycles. The molecule has 0 saturated carbocycles. The van der Waals surface area contributed by atoms with E-state index in [-0.39, 0.29) is 16.9 Å². The van der Waals surface area contributed by atoms with Gasteiger partial charge in [0.15, 0.2) is 11.4 Å². The third kappa shape index (κ3) is 6.16. The topological polar surface area (TPSA) is 330 Å². The van der Waals surface area contributed by atoms with E-state index < -0.39 is 131 Å². The van der Waals surface area contributed by atoms with E-state index in [9.17, 15) is 71.2 Å². The van der Waals surface area contributed by atoms with Crippen molar-refractivity contribution in [2.45, 2.75) is 111 Å². The maximum absolute atomic E-state index is 14.1. The van der Waals surface area contributed by atoms with Crippen molar-refractivity contribution in [3.63, 3.8) is 0 Å². The Kier molecular flexibility index (Phi) is 10.2. The zero-order chi connectivity index (χ0) is 38.1. The summed E-state index contributed by atoms with van der Waals surface area (Å²) < 4.78 is 28.8. The highest BCUT2D eigenvalue weighted by molar-refractivity contribution is 5.88. The van der Waals surface area contributed by atoms with Gasteiger partial charge in [0.25, 0.3) is 0 Å². The van der Waals surface area contributed by atoms with E-state index in [1.54, 1.807) is 0 Å². The minimum absolute atomic E-state index is 0.0209. The highest BCUT2D eigenvalue weighted by Gasteiger charge is 2.67. The SMILES string of the molecule is C[C@H]1OC(C(O)[C@H]2OC(Oc3c(-c4ccc(O)cc4)oc4cc(O)cc(O)c4c3=O)[C@@](O)(C3O[C@H](C)[C@@H](O)[C@H](O)[C@@H]3O)[C@@H](O)[C@@H]2O)[C@@H](O)[C@@H](O)[C@@H]1O. The molecule has 0 bridgehead atoms. The minimum atomic E-state index is -3.22. The van der Waals surface area contributed by atoms with Gasteiger partial charge in [0.05, 0.1) is 12.2 Å². The molecular formula is C33H40O19. The molecule has 3 aliphatic heterocycles. The zero-order valence-electron chi connectivity index (χ0n) is 27.4. The fourth-order valence-electron chi connectivity index (χ4n) is 6.90. The van der Waals surface area contributed by atoms with Crippen molar-refractivity contribution in [2.75, 3.05) is 0 Å². The number of ether oxygens (including phenoxy) is 4. The molecule has 3 aliphatic rings. The van der Waals surface area contributed by atoms with Gasteiger partial charge in [-0.2, -0.15) is 0 Å². The highest BCUT2D eigenvalue weighted by atomic mass is 16.7. The molecule has 3 aromatic rings. The summed E-state index contributed by atoms with van der Waals surface area (Å²) in [6, 6.07) is 6.74. The van der Waals surface area contributed by atoms with E-state index in [0.717, 1.165) is 12.1 Å². The molecule has 52 heavy (non-hydrogen) atoms. The Bertz CT molecular complexity index is 1820. The van der Waals surface area contributed by atoms with Crippen LogP contribution < -0.4 is 10.2 Å². The Hall–Kier alpha value is -3.67. The summed E-state index contributed by atoms with van der Waals surface area (Å²) in [6.07, 6.45) is -29.7. The standard InChI is InChI=1S/C33H40O19/c1-9-17(37)20(40)22(42)27(48-9)24(44)28-25(45)30(46)33(47,31-23(43)21(41)18(38)10(2)49-31)32(51-28)52-29-19(39)16-14(36)7-13(35)8-15(16)50-26(29)11-3-5-12(34)6-4-11/h3-10,17-18,20-25,27-28,30-32,34-38,40-47H,1-2H3/t9-,10-,17-,18-,20+,21+,22+,23+,24?,25-,27?,28-,30+,31?,32?,33+/m1/s1. The fourth-order valence-corrected chi connectivity index (χ4v) is 6.90. The highest BCUT2D eigenvalue weighted by Crippen LogP contribution is 2.44. The van der Waals surface area contributed by atoms with Crippen molar-refractivity contribution in [1.82, 2.24) is 0 Å². The predicted octanol–water partition coefficient (Wildman–Crippen LogP) is -3.77. The molecule has 3 saturated heterocycles. The summed E-state index contributed by atoms with van der Waals surface area (Å²) in [6.45, 7) is 2.55. The third-order valence-electron chi connectivity index (χ3n) is 9.93. The van der Waals surface area contributed by atoms with Gasteiger partial charge >= 0.3 is 0 Å². The van der Waals surface area contributed by atoms with Crippen LogP contribution in [0.3, 0.4) is 0 Å². The van der Waals surface area contributed by atoms with Crippen molar-refractivity contribution in [2.24, 2.45) is 0 Å². The van der Waals surface area contributed by atoms with E-state index in [0.29, 0.717) is 0 Å². The molecule has 1 aromatic heterocycles. The zero-order valence-corrected chi connectivity index (χ0v) is 27.4. The van der Waals surface area contributed by atoms with Crippen molar-refractivity contribution >= 4 is 11.0 Å². The molecule has 0 amide bonds. The van der Waals surface area contributed by atoms with Crippen molar-refractivity contribution in [1.29, 1.82) is 0 Å². The number of fused-ring (bicyclic) bond motifs is 1. The van der Waals surface area contributed by atoms with Gasteiger partial charge in [0.1, 0.15) is 101 Å². The van der Waals surface area contributed by atoms with Crippen LogP contribution in [0.15, 0.2) is 45.6 Å². The van der Waals surface area contributed by atoms with Gasteiger partial charge in [0.2, 0.25) is 17.5 Å². The number of aliphatic hydroxyl groups excluding tert-OH is 9. The first-order valence-electron chi connectivity index (χ1n) is 16.2. The lowest BCUT2D eigenvalue weighted by Crippen LogP contribution is -2.78. The number of phenols is 3. The maximum atomic E-state index is 14.1. The average Bonchev–Trinajstić information content (AvgIpc) is 3.10. The maximum Gasteiger partial charge on any atom is 0.239 e. The molecule has 13 N–H and O–H groups in total. The Morgan fingerprint density at radius 3 is 1.92 bits per heavy atom. The molecule has 286 valence electrons. The van der Waals surface area contributed by atoms with Crippen LogP contribution in [0, 0.1) is 0 Å². The van der Waals surface area contributed by atoms with Gasteiger partial charge in [-0.15, -0.1) is 0 Å². The van der Waals surface area contributed by atoms with Gasteiger partial charge in [-0.1, -0.05) is 0 Å². The molecule has 19 heteroatoms. The Labute approximate surface area is 292 Å². The van der Waals surface area contributed by atoms with Crippen LogP contribution in [0.2, 0.25) is 0 Å². The van der Waals surface area contributed by atoms with E-state index in [1.807, 2.05) is 0 Å². The lowest BCUT2D eigenvalue weighted by Gasteiger charge is -2.55. The van der Waals surface area contributed by atoms with Crippen molar-refractivity contribution < 1.29 is 89.7 Å². The molecular weight excluding hydrogens is 700 g/mol. The number of hydrogen-bond donors (Lipinski definition) is 13. The second-order valence-corrected chi connectivity index (χ2v) is 13.3. The Morgan fingerprint density at radius 1 is 0.712 bits per heavy atom. The molecule has 4 unspecified atom stereocenters. The third-order valence-corrected chi connectivity index (χ3v) is 9.93. The molecule has 4 heterocycles. The summed E-state index contributed by atoms with van der Waals surface area (Å²) in [5.41, 5.74) is -4.73. The van der Waals surface area contributed by atoms with Crippen LogP contribution in [0.25, 0.3) is 22.3 Å². The van der Waals surface area contributed by atoms with Gasteiger partial charge in [0, 0.05) is 17.7 Å². The molecule has 0 spiro atoms. The number of rotatable bonds is 6. The van der Waals surface area contributed by atoms with Crippen LogP contribution in [-0.2, 0) is 14.2 Å². The molecule has 3 fully saturated rings. The summed E-state index contributed by atoms with van der Waals surface area (Å²) in [5, 5.41) is 140. The average molecular weight is 741 g/mol. The number of aromatic hydroxyl groups is 3. The normalized spacial score (nSPS) is 40.4. The Morgan fingerprint density at radius 2 is 1.29 bits per heavy atom. The lowest BCUT2D eigenvalue weighted by atomic mass is 9.75. The van der Waals surface area contributed by atoms with Crippen LogP contribution in [-0.4, -0.2) is 164 Å². The summed E-state index contributed by atoms with van der Waals surface area (Å²) in [7, 11) is 0. The first-order valence-corrected chi connectivity index (χ1v) is 16.2. The molecule has 0 radical (unpaired) electrons. The molecule has 19 nitrogen and oxygen atoms in total. The van der Waals surface area contributed by atoms with E-state index in [1.165, 1.54) is 38.1 Å². The van der Waals surface area contributed by atoms with Crippen molar-refractivity contribution in [3.8, 4) is 34.3 Å². The Balaban J connectivity index is 1.52. The van der Waals surface area contributed by atoms with Crippen LogP contribution in [0.5, 0.6) is 23.0 Å². The monoisotopic (exact) mass is 740 g/mol. The van der Waals surface area contributed by atoms with Crippen LogP contribution in [0.4, 0.5) is 0 Å². The molecule has 16 atom stereocenters. The second-order valence-electron chi connectivity index (χ2n) is 13.3. The number of aliphatic hydroxyl groups is 10.